The van der Waals surface area contributed by atoms with Crippen LogP contribution in [0.3, 0.4) is 0 Å². The minimum Gasteiger partial charge on any atom is -0.387 e. The van der Waals surface area contributed by atoms with E-state index in [-0.39, 0.29) is 17.0 Å². The molecule has 0 unspecified atom stereocenters. The predicted molar refractivity (Wildman–Crippen MR) is 107 cm³/mol. The van der Waals surface area contributed by atoms with Gasteiger partial charge in [0.15, 0.2) is 0 Å². The number of nitrogens with zero attached hydrogens (tertiary/aromatic N) is 2. The normalized spacial score (nSPS) is 15.8. The number of piperidine rings is 1. The average Bonchev–Trinajstić information content (AvgIpc) is 2.58. The van der Waals surface area contributed by atoms with Crippen LogP contribution >= 0.6 is 23.8 Å². The number of carbonyl (C=O) groups excluding carboxylic acids is 1. The van der Waals surface area contributed by atoms with Gasteiger partial charge in [-0.15, -0.1) is 0 Å². The van der Waals surface area contributed by atoms with Gasteiger partial charge in [0.2, 0.25) is 5.11 Å². The fraction of sp³-hybridized carbons (Fsp3) is 0.500. The number of carbonyl (C=O) groups is 1. The first-order chi connectivity index (χ1) is 12.4. The van der Waals surface area contributed by atoms with Crippen molar-refractivity contribution in [2.45, 2.75) is 39.0 Å². The van der Waals surface area contributed by atoms with Crippen LogP contribution in [-0.4, -0.2) is 35.0 Å². The first-order valence-electron chi connectivity index (χ1n) is 8.76. The quantitative estimate of drug-likeness (QED) is 0.459. The second kappa shape index (κ2) is 9.83. The zero-order valence-corrected chi connectivity index (χ0v) is 16.4. The van der Waals surface area contributed by atoms with Crippen LogP contribution in [0.25, 0.3) is 0 Å². The maximum absolute atomic E-state index is 13.9. The fourth-order valence-corrected chi connectivity index (χ4v) is 3.34. The molecule has 1 aromatic rings. The molecule has 0 saturated carbocycles. The lowest BCUT2D eigenvalue weighted by Gasteiger charge is -2.32. The predicted octanol–water partition coefficient (Wildman–Crippen LogP) is 3.89. The highest BCUT2D eigenvalue weighted by atomic mass is 35.5. The van der Waals surface area contributed by atoms with Crippen molar-refractivity contribution in [2.24, 2.45) is 16.6 Å². The molecule has 3 N–H and O–H groups in total. The van der Waals surface area contributed by atoms with Crippen molar-refractivity contribution < 1.29 is 9.18 Å². The van der Waals surface area contributed by atoms with Crippen molar-refractivity contribution in [3.8, 4) is 0 Å². The minimum atomic E-state index is -0.273. The molecule has 0 radical (unpaired) electrons. The fourth-order valence-electron chi connectivity index (χ4n) is 2.98. The first-order valence-corrected chi connectivity index (χ1v) is 9.54. The highest BCUT2D eigenvalue weighted by Crippen LogP contribution is 2.24. The molecule has 26 heavy (non-hydrogen) atoms. The Hall–Kier alpha value is -1.73. The molecule has 0 bridgehead atoms. The van der Waals surface area contributed by atoms with Crippen molar-refractivity contribution in [3.63, 3.8) is 0 Å². The van der Waals surface area contributed by atoms with E-state index >= 15 is 0 Å². The Balaban J connectivity index is 1.81. The molecular formula is C18H24ClFN4OS. The van der Waals surface area contributed by atoms with E-state index in [1.807, 2.05) is 6.92 Å². The molecular weight excluding hydrogens is 375 g/mol. The Kier molecular flexibility index (Phi) is 7.78. The molecule has 8 heteroatoms. The van der Waals surface area contributed by atoms with Gasteiger partial charge < -0.3 is 10.6 Å². The Morgan fingerprint density at radius 1 is 1.46 bits per heavy atom. The second-order valence-electron chi connectivity index (χ2n) is 6.46. The molecule has 1 heterocycles. The summed E-state index contributed by atoms with van der Waals surface area (Å²) in [5.41, 5.74) is 6.38. The Morgan fingerprint density at radius 3 is 2.77 bits per heavy atom. The van der Waals surface area contributed by atoms with Gasteiger partial charge in [0.1, 0.15) is 11.7 Å². The smallest absolute Gasteiger partial charge is 0.323 e. The highest BCUT2D eigenvalue weighted by molar-refractivity contribution is 7.80. The van der Waals surface area contributed by atoms with Gasteiger partial charge in [0, 0.05) is 24.5 Å². The van der Waals surface area contributed by atoms with Crippen LogP contribution in [0.1, 0.15) is 38.2 Å². The van der Waals surface area contributed by atoms with E-state index in [0.717, 1.165) is 19.3 Å². The maximum Gasteiger partial charge on any atom is 0.323 e. The monoisotopic (exact) mass is 398 g/mol. The van der Waals surface area contributed by atoms with E-state index in [4.69, 9.17) is 29.6 Å². The molecule has 1 saturated heterocycles. The number of hydrogen-bond donors (Lipinski definition) is 2. The van der Waals surface area contributed by atoms with Gasteiger partial charge in [0.05, 0.1) is 0 Å². The summed E-state index contributed by atoms with van der Waals surface area (Å²) in [5.74, 6) is 0.479. The lowest BCUT2D eigenvalue weighted by molar-refractivity contribution is 0.174. The Morgan fingerprint density at radius 2 is 2.15 bits per heavy atom. The summed E-state index contributed by atoms with van der Waals surface area (Å²) in [5, 5.41) is 3.08. The molecule has 1 aliphatic rings. The molecule has 5 nitrogen and oxygen atoms in total. The zero-order valence-electron chi connectivity index (χ0n) is 14.8. The third kappa shape index (κ3) is 6.21. The number of amides is 2. The van der Waals surface area contributed by atoms with E-state index < -0.39 is 0 Å². The van der Waals surface area contributed by atoms with Gasteiger partial charge in [-0.05, 0) is 61.5 Å². The summed E-state index contributed by atoms with van der Waals surface area (Å²) in [6.45, 7) is 3.19. The molecule has 1 aliphatic heterocycles. The van der Waals surface area contributed by atoms with E-state index in [1.165, 1.54) is 6.07 Å². The van der Waals surface area contributed by atoms with E-state index in [0.29, 0.717) is 48.3 Å². The van der Waals surface area contributed by atoms with E-state index in [2.05, 4.69) is 10.3 Å². The molecule has 0 spiro atoms. The number of nitrogens with two attached hydrogens (primary N) is 1. The minimum absolute atomic E-state index is 0.0892. The third-order valence-electron chi connectivity index (χ3n) is 4.39. The molecule has 1 aromatic carbocycles. The summed E-state index contributed by atoms with van der Waals surface area (Å²) < 4.78 is 13.9. The largest absolute Gasteiger partial charge is 0.387 e. The number of thiocarbonyl (C=S) groups is 1. The summed E-state index contributed by atoms with van der Waals surface area (Å²) in [7, 11) is 0. The molecule has 2 amide bonds. The molecule has 2 rings (SSSR count). The topological polar surface area (TPSA) is 70.7 Å². The zero-order chi connectivity index (χ0) is 19.1. The van der Waals surface area contributed by atoms with E-state index in [1.54, 1.807) is 17.0 Å². The number of aliphatic imine (C=N–C) groups is 1. The van der Waals surface area contributed by atoms with Crippen LogP contribution in [0, 0.1) is 11.7 Å². The summed E-state index contributed by atoms with van der Waals surface area (Å²) >= 11 is 10.8. The highest BCUT2D eigenvalue weighted by Gasteiger charge is 2.24. The second-order valence-corrected chi connectivity index (χ2v) is 7.28. The number of halogens is 2. The SMILES string of the molecule is CCC/C(N)=N/C(=S)NC(=O)N1CCC(Cc2ccc(Cl)cc2F)CC1. The van der Waals surface area contributed by atoms with Crippen LogP contribution in [0.15, 0.2) is 23.2 Å². The van der Waals surface area contributed by atoms with Crippen LogP contribution < -0.4 is 11.1 Å². The first kappa shape index (κ1) is 20.6. The van der Waals surface area contributed by atoms with Gasteiger partial charge in [0.25, 0.3) is 0 Å². The number of hydrogen-bond acceptors (Lipinski definition) is 2. The number of rotatable bonds is 4. The van der Waals surface area contributed by atoms with Gasteiger partial charge in [-0.25, -0.2) is 14.2 Å². The van der Waals surface area contributed by atoms with Crippen LogP contribution in [-0.2, 0) is 6.42 Å². The summed E-state index contributed by atoms with van der Waals surface area (Å²) in [4.78, 5) is 18.0. The van der Waals surface area contributed by atoms with Gasteiger partial charge in [-0.3, -0.25) is 5.32 Å². The lowest BCUT2D eigenvalue weighted by atomic mass is 9.90. The van der Waals surface area contributed by atoms with Crippen LogP contribution in [0.4, 0.5) is 9.18 Å². The summed E-state index contributed by atoms with van der Waals surface area (Å²) in [6, 6.07) is 4.51. The van der Waals surface area contributed by atoms with Crippen molar-refractivity contribution >= 4 is 40.8 Å². The van der Waals surface area contributed by atoms with Crippen LogP contribution in [0.5, 0.6) is 0 Å². The van der Waals surface area contributed by atoms with Crippen molar-refractivity contribution in [2.75, 3.05) is 13.1 Å². The average molecular weight is 399 g/mol. The molecule has 0 atom stereocenters. The Labute approximate surface area is 163 Å². The number of urea groups is 1. The Bertz CT molecular complexity index is 690. The van der Waals surface area contributed by atoms with Crippen molar-refractivity contribution in [3.05, 3.63) is 34.6 Å². The molecule has 0 aliphatic carbocycles. The van der Waals surface area contributed by atoms with Crippen LogP contribution in [0.2, 0.25) is 5.02 Å². The summed E-state index contributed by atoms with van der Waals surface area (Å²) in [6.07, 6.45) is 3.78. The third-order valence-corrected chi connectivity index (χ3v) is 4.82. The number of amidine groups is 1. The van der Waals surface area contributed by atoms with E-state index in [9.17, 15) is 9.18 Å². The van der Waals surface area contributed by atoms with Crippen molar-refractivity contribution in [1.82, 2.24) is 10.2 Å². The standard InChI is InChI=1S/C18H24ClFN4OS/c1-2-3-16(21)22-17(26)23-18(25)24-8-6-12(7-9-24)10-13-4-5-14(19)11-15(13)20/h4-5,11-12H,2-3,6-10H2,1H3,(H3,21,22,23,25,26). The van der Waals surface area contributed by atoms with Gasteiger partial charge in [-0.1, -0.05) is 24.6 Å². The number of nitrogens with one attached hydrogen (secondary N) is 1. The molecule has 0 aromatic heterocycles. The van der Waals surface area contributed by atoms with Crippen molar-refractivity contribution in [1.29, 1.82) is 0 Å². The molecule has 142 valence electrons. The maximum atomic E-state index is 13.9. The molecule has 1 fully saturated rings. The lowest BCUT2D eigenvalue weighted by Crippen LogP contribution is -2.46. The number of likely N-dealkylation sites (tertiary alicyclic amines) is 1. The van der Waals surface area contributed by atoms with Gasteiger partial charge in [-0.2, -0.15) is 0 Å². The number of benzene rings is 1. The van der Waals surface area contributed by atoms with Gasteiger partial charge >= 0.3 is 6.03 Å².